The highest BCUT2D eigenvalue weighted by Crippen LogP contribution is 2.05. The average Bonchev–Trinajstić information content (AvgIpc) is 2.25. The Bertz CT molecular complexity index is 262. The van der Waals surface area contributed by atoms with Gasteiger partial charge in [-0.2, -0.15) is 0 Å². The summed E-state index contributed by atoms with van der Waals surface area (Å²) in [5, 5.41) is 12.5. The Morgan fingerprint density at radius 2 is 2.00 bits per heavy atom. The lowest BCUT2D eigenvalue weighted by Gasteiger charge is -2.18. The molecule has 0 bridgehead atoms. The van der Waals surface area contributed by atoms with Gasteiger partial charge in [0, 0.05) is 25.0 Å². The standard InChI is InChI=1S/C12H20N2O/c1-10(2)7-12(9-15)14-8-11-3-5-13-6-4-11/h3-6,10,12,14-15H,7-9H2,1-2H3. The molecular formula is C12H20N2O. The van der Waals surface area contributed by atoms with E-state index in [-0.39, 0.29) is 12.6 Å². The van der Waals surface area contributed by atoms with Crippen molar-refractivity contribution in [3.05, 3.63) is 30.1 Å². The molecule has 3 nitrogen and oxygen atoms in total. The molecule has 15 heavy (non-hydrogen) atoms. The highest BCUT2D eigenvalue weighted by Gasteiger charge is 2.08. The van der Waals surface area contributed by atoms with Crippen LogP contribution in [0.25, 0.3) is 0 Å². The first-order valence-corrected chi connectivity index (χ1v) is 5.45. The molecule has 0 aromatic carbocycles. The van der Waals surface area contributed by atoms with Crippen molar-refractivity contribution < 1.29 is 5.11 Å². The van der Waals surface area contributed by atoms with Gasteiger partial charge in [0.05, 0.1) is 6.61 Å². The van der Waals surface area contributed by atoms with Crippen LogP contribution in [0.2, 0.25) is 0 Å². The number of rotatable bonds is 6. The third-order valence-electron chi connectivity index (χ3n) is 2.32. The summed E-state index contributed by atoms with van der Waals surface area (Å²) in [6.45, 7) is 5.32. The van der Waals surface area contributed by atoms with Gasteiger partial charge < -0.3 is 10.4 Å². The second-order valence-electron chi connectivity index (χ2n) is 4.25. The van der Waals surface area contributed by atoms with Crippen LogP contribution >= 0.6 is 0 Å². The van der Waals surface area contributed by atoms with Crippen LogP contribution in [-0.4, -0.2) is 22.7 Å². The van der Waals surface area contributed by atoms with E-state index in [1.54, 1.807) is 12.4 Å². The summed E-state index contributed by atoms with van der Waals surface area (Å²) in [6.07, 6.45) is 4.57. The molecule has 1 atom stereocenters. The van der Waals surface area contributed by atoms with E-state index in [1.165, 1.54) is 5.56 Å². The summed E-state index contributed by atoms with van der Waals surface area (Å²) in [5.74, 6) is 0.604. The van der Waals surface area contributed by atoms with Crippen molar-refractivity contribution in [1.82, 2.24) is 10.3 Å². The number of hydrogen-bond acceptors (Lipinski definition) is 3. The molecule has 3 heteroatoms. The lowest BCUT2D eigenvalue weighted by Crippen LogP contribution is -2.33. The van der Waals surface area contributed by atoms with Gasteiger partial charge in [0.2, 0.25) is 0 Å². The summed E-state index contributed by atoms with van der Waals surface area (Å²) in [4.78, 5) is 3.96. The SMILES string of the molecule is CC(C)CC(CO)NCc1ccncc1. The minimum absolute atomic E-state index is 0.193. The molecule has 1 aromatic rings. The second kappa shape index (κ2) is 6.53. The quantitative estimate of drug-likeness (QED) is 0.746. The van der Waals surface area contributed by atoms with E-state index >= 15 is 0 Å². The van der Waals surface area contributed by atoms with Crippen LogP contribution in [0.15, 0.2) is 24.5 Å². The second-order valence-corrected chi connectivity index (χ2v) is 4.25. The maximum Gasteiger partial charge on any atom is 0.0584 e. The monoisotopic (exact) mass is 208 g/mol. The molecule has 0 radical (unpaired) electrons. The van der Waals surface area contributed by atoms with Crippen LogP contribution < -0.4 is 5.32 Å². The Balaban J connectivity index is 2.34. The molecular weight excluding hydrogens is 188 g/mol. The van der Waals surface area contributed by atoms with E-state index in [4.69, 9.17) is 0 Å². The Labute approximate surface area is 91.5 Å². The van der Waals surface area contributed by atoms with Gasteiger partial charge in [-0.15, -0.1) is 0 Å². The molecule has 0 aliphatic rings. The van der Waals surface area contributed by atoms with E-state index < -0.39 is 0 Å². The van der Waals surface area contributed by atoms with Crippen LogP contribution in [0, 0.1) is 5.92 Å². The van der Waals surface area contributed by atoms with E-state index in [1.807, 2.05) is 12.1 Å². The Hall–Kier alpha value is -0.930. The number of aliphatic hydroxyl groups is 1. The molecule has 0 aliphatic heterocycles. The molecule has 1 aromatic heterocycles. The van der Waals surface area contributed by atoms with Gasteiger partial charge in [-0.1, -0.05) is 13.8 Å². The van der Waals surface area contributed by atoms with Gasteiger partial charge in [-0.3, -0.25) is 4.98 Å². The minimum atomic E-state index is 0.193. The van der Waals surface area contributed by atoms with Gasteiger partial charge in [-0.05, 0) is 30.0 Å². The van der Waals surface area contributed by atoms with Gasteiger partial charge in [-0.25, -0.2) is 0 Å². The minimum Gasteiger partial charge on any atom is -0.395 e. The van der Waals surface area contributed by atoms with Crippen molar-refractivity contribution in [1.29, 1.82) is 0 Å². The zero-order valence-corrected chi connectivity index (χ0v) is 9.48. The highest BCUT2D eigenvalue weighted by molar-refractivity contribution is 5.09. The number of nitrogens with one attached hydrogen (secondary N) is 1. The number of pyridine rings is 1. The van der Waals surface area contributed by atoms with Gasteiger partial charge in [0.25, 0.3) is 0 Å². The maximum atomic E-state index is 9.18. The molecule has 1 heterocycles. The van der Waals surface area contributed by atoms with Crippen molar-refractivity contribution in [3.8, 4) is 0 Å². The molecule has 2 N–H and O–H groups in total. The van der Waals surface area contributed by atoms with E-state index in [0.717, 1.165) is 13.0 Å². The first kappa shape index (κ1) is 12.1. The number of aromatic nitrogens is 1. The van der Waals surface area contributed by atoms with E-state index in [2.05, 4.69) is 24.1 Å². The lowest BCUT2D eigenvalue weighted by atomic mass is 10.0. The fraction of sp³-hybridized carbons (Fsp3) is 0.583. The van der Waals surface area contributed by atoms with Crippen LogP contribution in [0.3, 0.4) is 0 Å². The topological polar surface area (TPSA) is 45.1 Å². The van der Waals surface area contributed by atoms with E-state index in [9.17, 15) is 5.11 Å². The Morgan fingerprint density at radius 1 is 1.33 bits per heavy atom. The van der Waals surface area contributed by atoms with Crippen LogP contribution in [0.4, 0.5) is 0 Å². The zero-order chi connectivity index (χ0) is 11.1. The Morgan fingerprint density at radius 3 is 2.53 bits per heavy atom. The summed E-state index contributed by atoms with van der Waals surface area (Å²) < 4.78 is 0. The molecule has 0 saturated heterocycles. The predicted molar refractivity (Wildman–Crippen MR) is 61.4 cm³/mol. The van der Waals surface area contributed by atoms with Crippen molar-refractivity contribution in [2.45, 2.75) is 32.9 Å². The molecule has 0 amide bonds. The molecule has 0 spiro atoms. The number of nitrogens with zero attached hydrogens (tertiary/aromatic N) is 1. The van der Waals surface area contributed by atoms with E-state index in [0.29, 0.717) is 5.92 Å². The van der Waals surface area contributed by atoms with Crippen molar-refractivity contribution in [2.24, 2.45) is 5.92 Å². The first-order chi connectivity index (χ1) is 7.22. The third-order valence-corrected chi connectivity index (χ3v) is 2.32. The van der Waals surface area contributed by atoms with Crippen LogP contribution in [0.1, 0.15) is 25.8 Å². The van der Waals surface area contributed by atoms with Crippen molar-refractivity contribution >= 4 is 0 Å². The average molecular weight is 208 g/mol. The van der Waals surface area contributed by atoms with Crippen molar-refractivity contribution in [2.75, 3.05) is 6.61 Å². The van der Waals surface area contributed by atoms with Crippen LogP contribution in [0.5, 0.6) is 0 Å². The predicted octanol–water partition coefficient (Wildman–Crippen LogP) is 1.58. The smallest absolute Gasteiger partial charge is 0.0584 e. The Kier molecular flexibility index (Phi) is 5.29. The summed E-state index contributed by atoms with van der Waals surface area (Å²) in [5.41, 5.74) is 1.20. The van der Waals surface area contributed by atoms with Crippen LogP contribution in [-0.2, 0) is 6.54 Å². The molecule has 0 aliphatic carbocycles. The number of hydrogen-bond donors (Lipinski definition) is 2. The molecule has 1 rings (SSSR count). The lowest BCUT2D eigenvalue weighted by molar-refractivity contribution is 0.223. The molecule has 1 unspecified atom stereocenters. The normalized spacial score (nSPS) is 13.1. The summed E-state index contributed by atoms with van der Waals surface area (Å²) >= 11 is 0. The summed E-state index contributed by atoms with van der Waals surface area (Å²) in [6, 6.07) is 4.16. The highest BCUT2D eigenvalue weighted by atomic mass is 16.3. The van der Waals surface area contributed by atoms with Gasteiger partial charge in [0.1, 0.15) is 0 Å². The fourth-order valence-corrected chi connectivity index (χ4v) is 1.55. The molecule has 0 saturated carbocycles. The summed E-state index contributed by atoms with van der Waals surface area (Å²) in [7, 11) is 0. The molecule has 0 fully saturated rings. The van der Waals surface area contributed by atoms with Gasteiger partial charge >= 0.3 is 0 Å². The van der Waals surface area contributed by atoms with Crippen molar-refractivity contribution in [3.63, 3.8) is 0 Å². The molecule has 84 valence electrons. The maximum absolute atomic E-state index is 9.18. The van der Waals surface area contributed by atoms with Gasteiger partial charge in [0.15, 0.2) is 0 Å². The third kappa shape index (κ3) is 4.91. The number of aliphatic hydroxyl groups excluding tert-OH is 1. The largest absolute Gasteiger partial charge is 0.395 e. The zero-order valence-electron chi connectivity index (χ0n) is 9.48. The fourth-order valence-electron chi connectivity index (χ4n) is 1.55. The first-order valence-electron chi connectivity index (χ1n) is 5.45.